The zero-order chi connectivity index (χ0) is 26.6. The lowest BCUT2D eigenvalue weighted by Crippen LogP contribution is -2.53. The minimum absolute atomic E-state index is 0.0625. The number of carbonyl (C=O) groups excluding carboxylic acids is 2. The predicted molar refractivity (Wildman–Crippen MR) is 129 cm³/mol. The van der Waals surface area contributed by atoms with E-state index >= 15 is 0 Å². The third kappa shape index (κ3) is 6.95. The molecule has 0 radical (unpaired) electrons. The molecule has 1 aliphatic rings. The first-order valence-corrected chi connectivity index (χ1v) is 11.5. The van der Waals surface area contributed by atoms with Crippen molar-refractivity contribution < 1.29 is 29.3 Å². The van der Waals surface area contributed by atoms with Gasteiger partial charge in [0.25, 0.3) is 5.56 Å². The summed E-state index contributed by atoms with van der Waals surface area (Å²) in [6.07, 6.45) is -0.831. The minimum atomic E-state index is -1.04. The first-order chi connectivity index (χ1) is 16.9. The van der Waals surface area contributed by atoms with E-state index in [0.717, 1.165) is 0 Å². The van der Waals surface area contributed by atoms with Gasteiger partial charge in [-0.15, -0.1) is 0 Å². The molecular formula is C24H32N4O8. The second kappa shape index (κ2) is 11.0. The summed E-state index contributed by atoms with van der Waals surface area (Å²) in [6.45, 7) is 6.21. The number of phenols is 1. The van der Waals surface area contributed by atoms with Crippen LogP contribution in [0.4, 0.5) is 4.79 Å². The third-order valence-corrected chi connectivity index (χ3v) is 5.58. The molecule has 2 amide bonds. The van der Waals surface area contributed by atoms with Crippen LogP contribution in [0, 0.1) is 6.92 Å². The molecule has 0 aliphatic carbocycles. The molecule has 196 valence electrons. The summed E-state index contributed by atoms with van der Waals surface area (Å²) < 4.78 is 12.3. The van der Waals surface area contributed by atoms with Crippen LogP contribution in [-0.4, -0.2) is 62.2 Å². The van der Waals surface area contributed by atoms with Crippen LogP contribution < -0.4 is 21.9 Å². The number of ether oxygens (including phenoxy) is 2. The number of nitrogens with zero attached hydrogens (tertiary/aromatic N) is 1. The van der Waals surface area contributed by atoms with Crippen LogP contribution in [0.5, 0.6) is 5.75 Å². The molecule has 36 heavy (non-hydrogen) atoms. The number of aryl methyl sites for hydroxylation is 1. The molecule has 12 heteroatoms. The summed E-state index contributed by atoms with van der Waals surface area (Å²) in [4.78, 5) is 51.8. The van der Waals surface area contributed by atoms with Crippen molar-refractivity contribution in [1.29, 1.82) is 0 Å². The summed E-state index contributed by atoms with van der Waals surface area (Å²) in [7, 11) is 0. The SMILES string of the molecule is Cc1cn([C@H]2C[C@H](NC(=O)[C@H](Cc3ccc(O)cc3)NC(=O)OC(C)(C)C)[C@@H](CO)O2)c(=O)[nH]c1=O. The Morgan fingerprint density at radius 3 is 2.53 bits per heavy atom. The van der Waals surface area contributed by atoms with Crippen LogP contribution in [-0.2, 0) is 20.7 Å². The molecule has 0 unspecified atom stereocenters. The van der Waals surface area contributed by atoms with E-state index in [1.807, 2.05) is 0 Å². The maximum absolute atomic E-state index is 13.3. The smallest absolute Gasteiger partial charge is 0.408 e. The molecule has 4 atom stereocenters. The molecule has 2 aromatic rings. The molecule has 0 saturated carbocycles. The number of aromatic nitrogens is 2. The molecule has 0 bridgehead atoms. The van der Waals surface area contributed by atoms with Gasteiger partial charge in [0.05, 0.1) is 12.6 Å². The summed E-state index contributed by atoms with van der Waals surface area (Å²) in [5.41, 5.74) is -0.973. The summed E-state index contributed by atoms with van der Waals surface area (Å²) >= 11 is 0. The number of aliphatic hydroxyl groups is 1. The number of carbonyl (C=O) groups is 2. The monoisotopic (exact) mass is 504 g/mol. The van der Waals surface area contributed by atoms with E-state index in [1.165, 1.54) is 22.9 Å². The summed E-state index contributed by atoms with van der Waals surface area (Å²) in [6, 6.07) is 4.47. The zero-order valence-corrected chi connectivity index (χ0v) is 20.6. The van der Waals surface area contributed by atoms with Gasteiger partial charge in [-0.1, -0.05) is 12.1 Å². The van der Waals surface area contributed by atoms with E-state index in [-0.39, 0.29) is 18.6 Å². The number of hydrogen-bond donors (Lipinski definition) is 5. The van der Waals surface area contributed by atoms with Gasteiger partial charge in [-0.3, -0.25) is 19.1 Å². The van der Waals surface area contributed by atoms with Gasteiger partial charge in [0.15, 0.2) is 0 Å². The molecule has 1 aliphatic heterocycles. The molecule has 12 nitrogen and oxygen atoms in total. The van der Waals surface area contributed by atoms with Crippen LogP contribution in [0.25, 0.3) is 0 Å². The normalized spacial score (nSPS) is 20.5. The number of aliphatic hydroxyl groups excluding tert-OH is 1. The van der Waals surface area contributed by atoms with Crippen molar-refractivity contribution in [2.45, 2.75) is 70.6 Å². The fourth-order valence-corrected chi connectivity index (χ4v) is 3.83. The highest BCUT2D eigenvalue weighted by Gasteiger charge is 2.38. The van der Waals surface area contributed by atoms with Gasteiger partial charge in [-0.2, -0.15) is 0 Å². The quantitative estimate of drug-likeness (QED) is 0.362. The average Bonchev–Trinajstić information content (AvgIpc) is 3.18. The number of phenolic OH excluding ortho intramolecular Hbond substituents is 1. The van der Waals surface area contributed by atoms with Crippen LogP contribution in [0.2, 0.25) is 0 Å². The highest BCUT2D eigenvalue weighted by Crippen LogP contribution is 2.27. The second-order valence-corrected chi connectivity index (χ2v) is 9.71. The molecule has 2 heterocycles. The van der Waals surface area contributed by atoms with Crippen LogP contribution in [0.15, 0.2) is 40.1 Å². The Morgan fingerprint density at radius 1 is 1.25 bits per heavy atom. The van der Waals surface area contributed by atoms with E-state index in [9.17, 15) is 29.4 Å². The zero-order valence-electron chi connectivity index (χ0n) is 20.6. The lowest BCUT2D eigenvalue weighted by atomic mass is 10.0. The molecular weight excluding hydrogens is 472 g/mol. The van der Waals surface area contributed by atoms with Crippen molar-refractivity contribution in [2.24, 2.45) is 0 Å². The van der Waals surface area contributed by atoms with Crippen molar-refractivity contribution in [3.8, 4) is 5.75 Å². The highest BCUT2D eigenvalue weighted by atomic mass is 16.6. The molecule has 3 rings (SSSR count). The molecule has 1 fully saturated rings. The van der Waals surface area contributed by atoms with Crippen molar-refractivity contribution in [3.05, 3.63) is 62.4 Å². The molecule has 0 spiro atoms. The molecule has 1 aromatic carbocycles. The minimum Gasteiger partial charge on any atom is -0.508 e. The van der Waals surface area contributed by atoms with Crippen LogP contribution >= 0.6 is 0 Å². The van der Waals surface area contributed by atoms with E-state index in [2.05, 4.69) is 15.6 Å². The Hall–Kier alpha value is -3.64. The lowest BCUT2D eigenvalue weighted by molar-refractivity contribution is -0.124. The van der Waals surface area contributed by atoms with E-state index in [1.54, 1.807) is 39.8 Å². The predicted octanol–water partition coefficient (Wildman–Crippen LogP) is 0.451. The Morgan fingerprint density at radius 2 is 1.92 bits per heavy atom. The molecule has 1 aromatic heterocycles. The van der Waals surface area contributed by atoms with Crippen LogP contribution in [0.3, 0.4) is 0 Å². The number of hydrogen-bond acceptors (Lipinski definition) is 8. The number of aromatic amines is 1. The Kier molecular flexibility index (Phi) is 8.21. The van der Waals surface area contributed by atoms with Crippen LogP contribution in [0.1, 0.15) is 44.5 Å². The molecule has 1 saturated heterocycles. The Labute approximate surface area is 207 Å². The third-order valence-electron chi connectivity index (χ3n) is 5.58. The number of aromatic hydroxyl groups is 1. The number of alkyl carbamates (subject to hydrolysis) is 1. The largest absolute Gasteiger partial charge is 0.508 e. The van der Waals surface area contributed by atoms with Gasteiger partial charge in [-0.05, 0) is 45.4 Å². The summed E-state index contributed by atoms with van der Waals surface area (Å²) in [5, 5.41) is 24.7. The van der Waals surface area contributed by atoms with Gasteiger partial charge in [0.2, 0.25) is 5.91 Å². The van der Waals surface area contributed by atoms with Gasteiger partial charge in [-0.25, -0.2) is 9.59 Å². The first kappa shape index (κ1) is 27.0. The van der Waals surface area contributed by atoms with Gasteiger partial charge in [0, 0.05) is 24.6 Å². The number of H-pyrrole nitrogens is 1. The van der Waals surface area contributed by atoms with Gasteiger partial charge >= 0.3 is 11.8 Å². The van der Waals surface area contributed by atoms with Gasteiger partial charge < -0.3 is 30.3 Å². The van der Waals surface area contributed by atoms with Gasteiger partial charge in [0.1, 0.15) is 29.7 Å². The van der Waals surface area contributed by atoms with Crippen molar-refractivity contribution in [1.82, 2.24) is 20.2 Å². The topological polar surface area (TPSA) is 172 Å². The number of amides is 2. The van der Waals surface area contributed by atoms with Crippen molar-refractivity contribution >= 4 is 12.0 Å². The fraction of sp³-hybridized carbons (Fsp3) is 0.500. The maximum atomic E-state index is 13.3. The molecule has 5 N–H and O–H groups in total. The Bertz CT molecular complexity index is 1200. The number of nitrogens with one attached hydrogen (secondary N) is 3. The lowest BCUT2D eigenvalue weighted by Gasteiger charge is -2.25. The van der Waals surface area contributed by atoms with Crippen molar-refractivity contribution in [2.75, 3.05) is 6.61 Å². The van der Waals surface area contributed by atoms with E-state index in [0.29, 0.717) is 11.1 Å². The number of rotatable bonds is 7. The maximum Gasteiger partial charge on any atom is 0.408 e. The summed E-state index contributed by atoms with van der Waals surface area (Å²) in [5.74, 6) is -0.487. The average molecular weight is 505 g/mol. The number of benzene rings is 1. The standard InChI is InChI=1S/C24H32N4O8/c1-13-11-28(22(33)27-20(13)31)19-10-16(18(12-29)35-19)25-21(32)17(26-23(34)36-24(2,3)4)9-14-5-7-15(30)8-6-14/h5-8,11,16-19,29-30H,9-10,12H2,1-4H3,(H,25,32)(H,26,34)(H,27,31,33)/t16-,17-,18+,19+/m0/s1. The first-order valence-electron chi connectivity index (χ1n) is 11.5. The van der Waals surface area contributed by atoms with Crippen molar-refractivity contribution in [3.63, 3.8) is 0 Å². The second-order valence-electron chi connectivity index (χ2n) is 9.71. The van der Waals surface area contributed by atoms with E-state index < -0.39 is 59.9 Å². The van der Waals surface area contributed by atoms with E-state index in [4.69, 9.17) is 9.47 Å². The Balaban J connectivity index is 1.78. The fourth-order valence-electron chi connectivity index (χ4n) is 3.83. The highest BCUT2D eigenvalue weighted by molar-refractivity contribution is 5.86.